The highest BCUT2D eigenvalue weighted by Crippen LogP contribution is 2.35. The van der Waals surface area contributed by atoms with Crippen molar-refractivity contribution in [2.45, 2.75) is 95.2 Å². The van der Waals surface area contributed by atoms with Crippen molar-refractivity contribution in [1.82, 2.24) is 5.32 Å². The number of halogens is 6. The van der Waals surface area contributed by atoms with Crippen molar-refractivity contribution in [2.24, 2.45) is 5.92 Å². The monoisotopic (exact) mass is 814 g/mol. The van der Waals surface area contributed by atoms with Gasteiger partial charge in [0.15, 0.2) is 11.9 Å². The lowest BCUT2D eigenvalue weighted by Crippen LogP contribution is -2.47. The average Bonchev–Trinajstić information content (AvgIpc) is 3.11. The van der Waals surface area contributed by atoms with E-state index in [4.69, 9.17) is 18.9 Å². The van der Waals surface area contributed by atoms with Gasteiger partial charge in [0.25, 0.3) is 0 Å². The molecule has 0 aliphatic carbocycles. The van der Waals surface area contributed by atoms with Crippen LogP contribution in [-0.4, -0.2) is 76.7 Å². The maximum Gasteiger partial charge on any atom is 0.407 e. The van der Waals surface area contributed by atoms with Gasteiger partial charge in [-0.3, -0.25) is 14.9 Å². The summed E-state index contributed by atoms with van der Waals surface area (Å²) in [5.74, 6) is -3.94. The Morgan fingerprint density at radius 3 is 1.70 bits per heavy atom. The SMILES string of the molecule is CC(C)(C)OC(=O)N[C@H]1CC(=O)CO[C@@H]1c1cc(F)ccc1F.C[C@H]1CC(O)CO[C@@H]1c1cc(F)ccc1F.O=[N+]([O-])[C@H]1CC(O)CO[C@@H]1c1cc(F)ccc1F. The second-order valence-electron chi connectivity index (χ2n) is 14.8. The normalized spacial score (nSPS) is 26.2. The summed E-state index contributed by atoms with van der Waals surface area (Å²) in [5, 5.41) is 32.1. The van der Waals surface area contributed by atoms with Crippen molar-refractivity contribution < 1.29 is 70.0 Å². The number of benzene rings is 3. The van der Waals surface area contributed by atoms with E-state index < -0.39 is 94.1 Å². The molecule has 1 amide bonds. The molecule has 312 valence electrons. The van der Waals surface area contributed by atoms with Crippen molar-refractivity contribution in [3.63, 3.8) is 0 Å². The lowest BCUT2D eigenvalue weighted by atomic mass is 9.90. The molecule has 3 aliphatic rings. The highest BCUT2D eigenvalue weighted by atomic mass is 19.1. The fraction of sp³-hybridized carbons (Fsp3) is 0.487. The van der Waals surface area contributed by atoms with Crippen molar-refractivity contribution in [2.75, 3.05) is 19.8 Å². The van der Waals surface area contributed by atoms with Gasteiger partial charge in [0.05, 0.1) is 37.6 Å². The Morgan fingerprint density at radius 2 is 1.23 bits per heavy atom. The highest BCUT2D eigenvalue weighted by molar-refractivity contribution is 5.82. The minimum atomic E-state index is -1.29. The summed E-state index contributed by atoms with van der Waals surface area (Å²) < 4.78 is 101. The van der Waals surface area contributed by atoms with Crippen LogP contribution < -0.4 is 5.32 Å². The predicted molar refractivity (Wildman–Crippen MR) is 189 cm³/mol. The van der Waals surface area contributed by atoms with Gasteiger partial charge in [-0.2, -0.15) is 0 Å². The van der Waals surface area contributed by atoms with E-state index >= 15 is 0 Å². The zero-order chi connectivity index (χ0) is 42.2. The second-order valence-corrected chi connectivity index (χ2v) is 14.8. The number of nitrogens with zero attached hydrogens (tertiary/aromatic N) is 1. The number of nitrogens with one attached hydrogen (secondary N) is 1. The van der Waals surface area contributed by atoms with Gasteiger partial charge in [-0.1, -0.05) is 6.92 Å². The molecule has 3 fully saturated rings. The summed E-state index contributed by atoms with van der Waals surface area (Å²) >= 11 is 0. The quantitative estimate of drug-likeness (QED) is 0.143. The Kier molecular flexibility index (Phi) is 15.6. The third kappa shape index (κ3) is 12.9. The van der Waals surface area contributed by atoms with Gasteiger partial charge in [-0.15, -0.1) is 0 Å². The van der Waals surface area contributed by atoms with Gasteiger partial charge in [-0.05, 0) is 87.7 Å². The molecule has 3 aliphatic heterocycles. The van der Waals surface area contributed by atoms with Crippen LogP contribution in [0.25, 0.3) is 0 Å². The molecule has 3 heterocycles. The first kappa shape index (κ1) is 45.1. The molecule has 8 atom stereocenters. The molecule has 12 nitrogen and oxygen atoms in total. The van der Waals surface area contributed by atoms with Crippen molar-refractivity contribution >= 4 is 11.9 Å². The summed E-state index contributed by atoms with van der Waals surface area (Å²) in [6.07, 6.45) is -4.48. The maximum atomic E-state index is 14.0. The molecule has 0 saturated carbocycles. The molecule has 3 N–H and O–H groups in total. The predicted octanol–water partition coefficient (Wildman–Crippen LogP) is 6.74. The summed E-state index contributed by atoms with van der Waals surface area (Å²) in [7, 11) is 0. The molecule has 0 radical (unpaired) electrons. The van der Waals surface area contributed by atoms with Crippen molar-refractivity contribution in [1.29, 1.82) is 0 Å². The van der Waals surface area contributed by atoms with Gasteiger partial charge >= 0.3 is 6.09 Å². The van der Waals surface area contributed by atoms with E-state index in [-0.39, 0.29) is 61.1 Å². The van der Waals surface area contributed by atoms with E-state index in [2.05, 4.69) is 5.32 Å². The fourth-order valence-corrected chi connectivity index (χ4v) is 6.49. The molecule has 0 spiro atoms. The van der Waals surface area contributed by atoms with Gasteiger partial charge in [0.2, 0.25) is 6.04 Å². The molecule has 3 aromatic carbocycles. The van der Waals surface area contributed by atoms with Crippen molar-refractivity contribution in [3.05, 3.63) is 116 Å². The third-order valence-electron chi connectivity index (χ3n) is 8.96. The number of alkyl carbamates (subject to hydrolysis) is 1. The number of nitro groups is 1. The second kappa shape index (κ2) is 19.7. The molecule has 18 heteroatoms. The Hall–Kier alpha value is -4.62. The molecule has 3 saturated heterocycles. The van der Waals surface area contributed by atoms with Crippen LogP contribution >= 0.6 is 0 Å². The van der Waals surface area contributed by atoms with Gasteiger partial charge in [0.1, 0.15) is 53.2 Å². The Bertz CT molecular complexity index is 1880. The van der Waals surface area contributed by atoms with Crippen LogP contribution in [0.3, 0.4) is 0 Å². The number of ketones is 1. The summed E-state index contributed by atoms with van der Waals surface area (Å²) in [4.78, 5) is 33.7. The molecule has 0 aromatic heterocycles. The van der Waals surface area contributed by atoms with Crippen LogP contribution in [0.4, 0.5) is 31.1 Å². The number of carbonyl (C=O) groups is 2. The first-order valence-corrected chi connectivity index (χ1v) is 17.9. The number of hydrogen-bond acceptors (Lipinski definition) is 10. The zero-order valence-electron chi connectivity index (χ0n) is 31.4. The fourth-order valence-electron chi connectivity index (χ4n) is 6.49. The van der Waals surface area contributed by atoms with Gasteiger partial charge < -0.3 is 34.5 Å². The van der Waals surface area contributed by atoms with Crippen molar-refractivity contribution in [3.8, 4) is 0 Å². The van der Waals surface area contributed by atoms with E-state index in [1.54, 1.807) is 20.8 Å². The Balaban J connectivity index is 0.000000193. The first-order valence-electron chi connectivity index (χ1n) is 17.9. The first-order chi connectivity index (χ1) is 26.7. The van der Waals surface area contributed by atoms with Gasteiger partial charge in [0, 0.05) is 34.5 Å². The highest BCUT2D eigenvalue weighted by Gasteiger charge is 2.41. The number of ether oxygens (including phenoxy) is 4. The Labute approximate surface area is 324 Å². The minimum Gasteiger partial charge on any atom is -0.444 e. The van der Waals surface area contributed by atoms with Crippen LogP contribution in [0.2, 0.25) is 0 Å². The van der Waals surface area contributed by atoms with E-state index in [9.17, 15) is 56.3 Å². The standard InChI is InChI=1S/C16H19F2NO4.C12H14F2O2.C11H11F2NO4/c1-16(2,3)23-15(21)19-13-7-10(20)8-22-14(13)11-6-9(17)4-5-12(11)18;1-7-4-9(15)6-16-12(7)10-5-8(13)2-3-11(10)14;12-6-1-2-9(13)8(3-6)11-10(14(16)17)4-7(15)5-18-11/h4-6,13-14H,7-8H2,1-3H3,(H,19,21);2-3,5,7,9,12,15H,4,6H2,1H3;1-3,7,10-11,15H,4-5H2/t13-,14+;7-,9?,12-;7?,10-,11+/m000/s1. The van der Waals surface area contributed by atoms with Crippen LogP contribution in [0, 0.1) is 50.9 Å². The number of Topliss-reactive ketones (excluding diaryl/α,β-unsaturated/α-hetero) is 1. The topological polar surface area (TPSA) is 167 Å². The summed E-state index contributed by atoms with van der Waals surface area (Å²) in [6, 6.07) is 6.91. The van der Waals surface area contributed by atoms with E-state index in [0.717, 1.165) is 54.6 Å². The number of amides is 1. The number of aliphatic hydroxyl groups is 2. The molecular weight excluding hydrogens is 770 g/mol. The number of aliphatic hydroxyl groups excluding tert-OH is 2. The Morgan fingerprint density at radius 1 is 0.772 bits per heavy atom. The molecule has 0 bridgehead atoms. The van der Waals surface area contributed by atoms with E-state index in [0.29, 0.717) is 6.42 Å². The number of carbonyl (C=O) groups excluding carboxylic acids is 2. The van der Waals surface area contributed by atoms with Gasteiger partial charge in [-0.25, -0.2) is 31.1 Å². The maximum absolute atomic E-state index is 14.0. The van der Waals surface area contributed by atoms with Crippen LogP contribution in [0.5, 0.6) is 0 Å². The average molecular weight is 815 g/mol. The third-order valence-corrected chi connectivity index (χ3v) is 8.96. The summed E-state index contributed by atoms with van der Waals surface area (Å²) in [6.45, 7) is 6.76. The van der Waals surface area contributed by atoms with Crippen LogP contribution in [-0.2, 0) is 23.7 Å². The summed E-state index contributed by atoms with van der Waals surface area (Å²) in [5.41, 5.74) is -0.718. The minimum absolute atomic E-state index is 0.0277. The lowest BCUT2D eigenvalue weighted by molar-refractivity contribution is -0.545. The molecule has 57 heavy (non-hydrogen) atoms. The largest absolute Gasteiger partial charge is 0.444 e. The zero-order valence-corrected chi connectivity index (χ0v) is 31.4. The lowest BCUT2D eigenvalue weighted by Gasteiger charge is -2.32. The van der Waals surface area contributed by atoms with E-state index in [1.807, 2.05) is 6.92 Å². The van der Waals surface area contributed by atoms with E-state index in [1.165, 1.54) is 0 Å². The number of hydrogen-bond donors (Lipinski definition) is 3. The molecule has 3 aromatic rings. The molecule has 6 rings (SSSR count). The smallest absolute Gasteiger partial charge is 0.407 e. The van der Waals surface area contributed by atoms with Crippen LogP contribution in [0.15, 0.2) is 54.6 Å². The number of rotatable bonds is 5. The van der Waals surface area contributed by atoms with Crippen LogP contribution in [0.1, 0.15) is 82.0 Å². The molecule has 2 unspecified atom stereocenters. The molecular formula is C39H44F6N2O10.